The van der Waals surface area contributed by atoms with Crippen molar-refractivity contribution in [2.24, 2.45) is 5.29 Å². The van der Waals surface area contributed by atoms with Crippen molar-refractivity contribution in [2.45, 2.75) is 33.2 Å². The lowest BCUT2D eigenvalue weighted by atomic mass is 10.3. The van der Waals surface area contributed by atoms with Crippen LogP contribution in [0.1, 0.15) is 27.2 Å². The molecule has 0 aliphatic rings. The zero-order valence-corrected chi connectivity index (χ0v) is 7.61. The number of ether oxygens (including phenoxy) is 1. The Balaban J connectivity index is 3.82. The first-order valence-electron chi connectivity index (χ1n) is 3.85. The molecule has 0 amide bonds. The van der Waals surface area contributed by atoms with Gasteiger partial charge in [0.1, 0.15) is 0 Å². The van der Waals surface area contributed by atoms with E-state index in [0.29, 0.717) is 0 Å². The SMILES string of the molecule is CCC(C)N(COC(C)=O)N=O. The second kappa shape index (κ2) is 5.51. The maximum absolute atomic E-state index is 10.4. The van der Waals surface area contributed by atoms with E-state index in [4.69, 9.17) is 0 Å². The molecule has 0 radical (unpaired) electrons. The second-order valence-electron chi connectivity index (χ2n) is 2.54. The molecule has 5 heteroatoms. The summed E-state index contributed by atoms with van der Waals surface area (Å²) in [4.78, 5) is 20.6. The van der Waals surface area contributed by atoms with Gasteiger partial charge in [-0.15, -0.1) is 4.91 Å². The van der Waals surface area contributed by atoms with E-state index in [1.165, 1.54) is 11.9 Å². The lowest BCUT2D eigenvalue weighted by molar-refractivity contribution is -0.146. The predicted molar refractivity (Wildman–Crippen MR) is 44.0 cm³/mol. The van der Waals surface area contributed by atoms with Gasteiger partial charge in [-0.25, -0.2) is 5.01 Å². The molecule has 0 aliphatic carbocycles. The first-order chi connectivity index (χ1) is 5.61. The lowest BCUT2D eigenvalue weighted by Gasteiger charge is -2.20. The molecule has 5 nitrogen and oxygen atoms in total. The Kier molecular flexibility index (Phi) is 4.99. The molecule has 0 spiro atoms. The van der Waals surface area contributed by atoms with E-state index in [1.807, 2.05) is 13.8 Å². The highest BCUT2D eigenvalue weighted by Gasteiger charge is 2.11. The Morgan fingerprint density at radius 2 is 2.25 bits per heavy atom. The number of carbonyl (C=O) groups excluding carboxylic acids is 1. The van der Waals surface area contributed by atoms with Crippen LogP contribution in [0.2, 0.25) is 0 Å². The molecule has 0 bridgehead atoms. The third-order valence-corrected chi connectivity index (χ3v) is 1.60. The monoisotopic (exact) mass is 174 g/mol. The van der Waals surface area contributed by atoms with Crippen LogP contribution < -0.4 is 0 Å². The fourth-order valence-corrected chi connectivity index (χ4v) is 0.599. The molecule has 0 N–H and O–H groups in total. The second-order valence-corrected chi connectivity index (χ2v) is 2.54. The molecule has 70 valence electrons. The maximum atomic E-state index is 10.4. The standard InChI is InChI=1S/C7H14N2O3/c1-4-6(2)9(8-11)5-12-7(3)10/h6H,4-5H2,1-3H3. The van der Waals surface area contributed by atoms with Gasteiger partial charge in [0.25, 0.3) is 0 Å². The number of hydrogen-bond acceptors (Lipinski definition) is 4. The Labute approximate surface area is 71.6 Å². The van der Waals surface area contributed by atoms with Crippen molar-refractivity contribution in [1.29, 1.82) is 0 Å². The summed E-state index contributed by atoms with van der Waals surface area (Å²) in [5, 5.41) is 3.93. The minimum Gasteiger partial charge on any atom is -0.443 e. The topological polar surface area (TPSA) is 59.0 Å². The third kappa shape index (κ3) is 3.90. The molecule has 0 rings (SSSR count). The number of rotatable bonds is 5. The van der Waals surface area contributed by atoms with Gasteiger partial charge < -0.3 is 4.74 Å². The molecule has 12 heavy (non-hydrogen) atoms. The van der Waals surface area contributed by atoms with Crippen LogP contribution >= 0.6 is 0 Å². The molecule has 0 aliphatic heterocycles. The summed E-state index contributed by atoms with van der Waals surface area (Å²) in [5.41, 5.74) is 0. The van der Waals surface area contributed by atoms with Crippen LogP contribution in [0.3, 0.4) is 0 Å². The van der Waals surface area contributed by atoms with Gasteiger partial charge in [-0.2, -0.15) is 0 Å². The number of carbonyl (C=O) groups is 1. The highest BCUT2D eigenvalue weighted by Crippen LogP contribution is 2.03. The first-order valence-corrected chi connectivity index (χ1v) is 3.85. The summed E-state index contributed by atoms with van der Waals surface area (Å²) < 4.78 is 4.61. The highest BCUT2D eigenvalue weighted by molar-refractivity contribution is 5.65. The maximum Gasteiger partial charge on any atom is 0.304 e. The molecule has 0 heterocycles. The Hall–Kier alpha value is -1.13. The van der Waals surface area contributed by atoms with Gasteiger partial charge in [0.15, 0.2) is 6.73 Å². The quantitative estimate of drug-likeness (QED) is 0.273. The van der Waals surface area contributed by atoms with Gasteiger partial charge in [-0.3, -0.25) is 4.79 Å². The lowest BCUT2D eigenvalue weighted by Crippen LogP contribution is -2.30. The summed E-state index contributed by atoms with van der Waals surface area (Å²) in [6.07, 6.45) is 0.785. The van der Waals surface area contributed by atoms with E-state index in [0.717, 1.165) is 6.42 Å². The van der Waals surface area contributed by atoms with E-state index < -0.39 is 5.97 Å². The van der Waals surface area contributed by atoms with Gasteiger partial charge in [-0.05, 0) is 13.3 Å². The molecule has 0 aromatic heterocycles. The van der Waals surface area contributed by atoms with Crippen LogP contribution in [0.4, 0.5) is 0 Å². The predicted octanol–water partition coefficient (Wildman–Crippen LogP) is 1.29. The van der Waals surface area contributed by atoms with Crippen LogP contribution in [0, 0.1) is 4.91 Å². The Morgan fingerprint density at radius 3 is 2.58 bits per heavy atom. The van der Waals surface area contributed by atoms with Gasteiger partial charge in [-0.1, -0.05) is 6.92 Å². The van der Waals surface area contributed by atoms with E-state index >= 15 is 0 Å². The van der Waals surface area contributed by atoms with Crippen molar-refractivity contribution in [3.8, 4) is 0 Å². The Bertz CT molecular complexity index is 161. The third-order valence-electron chi connectivity index (χ3n) is 1.60. The van der Waals surface area contributed by atoms with Crippen molar-refractivity contribution >= 4 is 5.97 Å². The fourth-order valence-electron chi connectivity index (χ4n) is 0.599. The minimum atomic E-state index is -0.410. The number of nitrogens with zero attached hydrogens (tertiary/aromatic N) is 2. The molecule has 0 aromatic rings. The van der Waals surface area contributed by atoms with Gasteiger partial charge in [0.05, 0.1) is 11.3 Å². The average molecular weight is 174 g/mol. The van der Waals surface area contributed by atoms with Crippen molar-refractivity contribution in [1.82, 2.24) is 5.01 Å². The number of nitroso groups, excluding NO2 is 1. The smallest absolute Gasteiger partial charge is 0.304 e. The molecule has 0 saturated heterocycles. The largest absolute Gasteiger partial charge is 0.443 e. The van der Waals surface area contributed by atoms with Gasteiger partial charge >= 0.3 is 5.97 Å². The summed E-state index contributed by atoms with van der Waals surface area (Å²) in [6.45, 7) is 4.99. The first kappa shape index (κ1) is 10.9. The van der Waals surface area contributed by atoms with E-state index in [2.05, 4.69) is 10.0 Å². The van der Waals surface area contributed by atoms with Crippen LogP contribution in [0.5, 0.6) is 0 Å². The highest BCUT2D eigenvalue weighted by atomic mass is 16.5. The molecular formula is C7H14N2O3. The van der Waals surface area contributed by atoms with Crippen molar-refractivity contribution in [3.63, 3.8) is 0 Å². The summed E-state index contributed by atoms with van der Waals surface area (Å²) in [6, 6.07) is 0.00171. The molecule has 1 unspecified atom stereocenters. The van der Waals surface area contributed by atoms with Gasteiger partial charge in [0, 0.05) is 6.92 Å². The molecule has 0 aromatic carbocycles. The minimum absolute atomic E-state index is 0.00171. The molecule has 0 fully saturated rings. The summed E-state index contributed by atoms with van der Waals surface area (Å²) in [5.74, 6) is -0.410. The van der Waals surface area contributed by atoms with E-state index in [-0.39, 0.29) is 12.8 Å². The van der Waals surface area contributed by atoms with E-state index in [9.17, 15) is 9.70 Å². The van der Waals surface area contributed by atoms with Crippen LogP contribution in [0.25, 0.3) is 0 Å². The summed E-state index contributed by atoms with van der Waals surface area (Å²) in [7, 11) is 0. The summed E-state index contributed by atoms with van der Waals surface area (Å²) >= 11 is 0. The van der Waals surface area contributed by atoms with Crippen molar-refractivity contribution < 1.29 is 9.53 Å². The molecule has 0 saturated carbocycles. The number of hydrogen-bond donors (Lipinski definition) is 0. The van der Waals surface area contributed by atoms with Crippen molar-refractivity contribution in [3.05, 3.63) is 4.91 Å². The molecular weight excluding hydrogens is 160 g/mol. The van der Waals surface area contributed by atoms with Gasteiger partial charge in [0.2, 0.25) is 0 Å². The van der Waals surface area contributed by atoms with Crippen LogP contribution in [0.15, 0.2) is 5.29 Å². The number of esters is 1. The average Bonchev–Trinajstić information content (AvgIpc) is 2.04. The zero-order chi connectivity index (χ0) is 9.56. The Morgan fingerprint density at radius 1 is 1.67 bits per heavy atom. The van der Waals surface area contributed by atoms with E-state index in [1.54, 1.807) is 0 Å². The fraction of sp³-hybridized carbons (Fsp3) is 0.857. The van der Waals surface area contributed by atoms with Crippen LogP contribution in [-0.4, -0.2) is 23.8 Å². The van der Waals surface area contributed by atoms with Crippen LogP contribution in [-0.2, 0) is 9.53 Å². The zero-order valence-electron chi connectivity index (χ0n) is 7.61. The molecule has 1 atom stereocenters. The van der Waals surface area contributed by atoms with Crippen molar-refractivity contribution in [2.75, 3.05) is 6.73 Å². The normalized spacial score (nSPS) is 11.9.